The summed E-state index contributed by atoms with van der Waals surface area (Å²) in [5, 5.41) is 11.6. The first-order valence-electron chi connectivity index (χ1n) is 14.7. The molecule has 0 unspecified atom stereocenters. The fourth-order valence-electron chi connectivity index (χ4n) is 7.56. The Morgan fingerprint density at radius 3 is 1.97 bits per heavy atom. The number of nitrogens with zero attached hydrogens (tertiary/aromatic N) is 2. The molecule has 0 aromatic heterocycles. The van der Waals surface area contributed by atoms with E-state index in [4.69, 9.17) is 9.47 Å². The van der Waals surface area contributed by atoms with Crippen molar-refractivity contribution in [3.63, 3.8) is 0 Å². The molecule has 0 radical (unpaired) electrons. The Balaban J connectivity index is 1.19. The third kappa shape index (κ3) is 6.14. The lowest BCUT2D eigenvalue weighted by Crippen LogP contribution is -2.61. The molecule has 5 nitrogen and oxygen atoms in total. The summed E-state index contributed by atoms with van der Waals surface area (Å²) in [6.07, 6.45) is 23.1. The van der Waals surface area contributed by atoms with Crippen molar-refractivity contribution in [1.82, 2.24) is 9.80 Å². The van der Waals surface area contributed by atoms with E-state index >= 15 is 0 Å². The number of hydrogen-bond acceptors (Lipinski definition) is 5. The molecule has 0 aliphatic carbocycles. The van der Waals surface area contributed by atoms with Crippen LogP contribution >= 0.6 is 0 Å². The first-order chi connectivity index (χ1) is 16.2. The topological polar surface area (TPSA) is 45.2 Å². The predicted molar refractivity (Wildman–Crippen MR) is 132 cm³/mol. The van der Waals surface area contributed by atoms with Crippen LogP contribution in [0.2, 0.25) is 0 Å². The molecular formula is C28H50N2O3. The van der Waals surface area contributed by atoms with Crippen LogP contribution in [0.15, 0.2) is 0 Å². The molecule has 5 heterocycles. The summed E-state index contributed by atoms with van der Waals surface area (Å²) >= 11 is 0. The first-order valence-corrected chi connectivity index (χ1v) is 14.7. The van der Waals surface area contributed by atoms with Gasteiger partial charge in [0, 0.05) is 26.2 Å². The van der Waals surface area contributed by atoms with Gasteiger partial charge >= 0.3 is 0 Å². The maximum atomic E-state index is 11.6. The number of aliphatic hydroxyl groups is 1. The van der Waals surface area contributed by atoms with E-state index in [1.54, 1.807) is 0 Å². The van der Waals surface area contributed by atoms with Crippen molar-refractivity contribution in [2.45, 2.75) is 146 Å². The minimum absolute atomic E-state index is 0.0579. The summed E-state index contributed by atoms with van der Waals surface area (Å²) in [6.45, 7) is 4.70. The fourth-order valence-corrected chi connectivity index (χ4v) is 7.56. The van der Waals surface area contributed by atoms with Crippen LogP contribution in [0, 0.1) is 5.92 Å². The minimum atomic E-state index is -0.635. The van der Waals surface area contributed by atoms with Crippen molar-refractivity contribution < 1.29 is 14.6 Å². The molecule has 4 bridgehead atoms. The molecule has 0 aromatic carbocycles. The molecule has 5 saturated heterocycles. The summed E-state index contributed by atoms with van der Waals surface area (Å²) in [5.41, 5.74) is -0.635. The zero-order chi connectivity index (χ0) is 22.5. The second-order valence-corrected chi connectivity index (χ2v) is 12.0. The maximum absolute atomic E-state index is 11.6. The van der Waals surface area contributed by atoms with Crippen LogP contribution in [-0.2, 0) is 9.47 Å². The van der Waals surface area contributed by atoms with Crippen molar-refractivity contribution in [3.05, 3.63) is 0 Å². The zero-order valence-corrected chi connectivity index (χ0v) is 21.1. The van der Waals surface area contributed by atoms with E-state index in [2.05, 4.69) is 9.80 Å². The third-order valence-electron chi connectivity index (χ3n) is 9.50. The summed E-state index contributed by atoms with van der Waals surface area (Å²) in [6, 6.07) is 0. The monoisotopic (exact) mass is 462 g/mol. The summed E-state index contributed by atoms with van der Waals surface area (Å²) in [7, 11) is 0. The van der Waals surface area contributed by atoms with Crippen molar-refractivity contribution in [3.8, 4) is 0 Å². The lowest BCUT2D eigenvalue weighted by molar-refractivity contribution is -0.245. The third-order valence-corrected chi connectivity index (χ3v) is 9.50. The van der Waals surface area contributed by atoms with Gasteiger partial charge in [0.15, 0.2) is 0 Å². The average Bonchev–Trinajstić information content (AvgIpc) is 2.83. The number of rotatable bonds is 0. The lowest BCUT2D eigenvalue weighted by atomic mass is 9.84. The van der Waals surface area contributed by atoms with Crippen molar-refractivity contribution in [2.75, 3.05) is 26.2 Å². The van der Waals surface area contributed by atoms with E-state index in [0.29, 0.717) is 18.4 Å². The SMILES string of the molecule is O[C@]12CCCCCC[C@@H]3CCN4CCC[C@H](CCCCCC[C@H]5CCN(CCC1)[C@H]2O5)[C@@H]4O3. The molecule has 5 heteroatoms. The second-order valence-electron chi connectivity index (χ2n) is 12.0. The molecule has 6 atom stereocenters. The van der Waals surface area contributed by atoms with Crippen molar-refractivity contribution in [1.29, 1.82) is 0 Å². The molecule has 0 aromatic rings. The van der Waals surface area contributed by atoms with Gasteiger partial charge in [-0.05, 0) is 70.1 Å². The Morgan fingerprint density at radius 1 is 0.545 bits per heavy atom. The van der Waals surface area contributed by atoms with Crippen LogP contribution in [0.4, 0.5) is 0 Å². The number of piperidine rings is 2. The van der Waals surface area contributed by atoms with Gasteiger partial charge in [0.2, 0.25) is 0 Å². The zero-order valence-electron chi connectivity index (χ0n) is 21.1. The van der Waals surface area contributed by atoms with Crippen LogP contribution in [0.1, 0.15) is 116 Å². The van der Waals surface area contributed by atoms with E-state index in [1.165, 1.54) is 96.6 Å². The summed E-state index contributed by atoms with van der Waals surface area (Å²) in [5.74, 6) is 0.754. The van der Waals surface area contributed by atoms with E-state index in [-0.39, 0.29) is 6.23 Å². The highest BCUT2D eigenvalue weighted by molar-refractivity contribution is 4.95. The Hall–Kier alpha value is -0.200. The normalized spacial score (nSPS) is 43.0. The van der Waals surface area contributed by atoms with Gasteiger partial charge in [0.05, 0.1) is 12.2 Å². The molecule has 5 aliphatic rings. The smallest absolute Gasteiger partial charge is 0.140 e. The predicted octanol–water partition coefficient (Wildman–Crippen LogP) is 5.45. The number of ether oxygens (including phenoxy) is 2. The van der Waals surface area contributed by atoms with E-state index in [1.807, 2.05) is 0 Å². The summed E-state index contributed by atoms with van der Waals surface area (Å²) < 4.78 is 13.3. The van der Waals surface area contributed by atoms with Gasteiger partial charge in [0.1, 0.15) is 18.1 Å². The molecule has 5 rings (SSSR count). The molecule has 5 fully saturated rings. The Bertz CT molecular complexity index is 604. The maximum Gasteiger partial charge on any atom is 0.140 e. The van der Waals surface area contributed by atoms with Crippen LogP contribution in [0.5, 0.6) is 0 Å². The number of fused-ring (bicyclic) bond motifs is 2. The Kier molecular flexibility index (Phi) is 8.68. The fraction of sp³-hybridized carbons (Fsp3) is 1.00. The molecule has 1 N–H and O–H groups in total. The van der Waals surface area contributed by atoms with Gasteiger partial charge in [-0.2, -0.15) is 0 Å². The quantitative estimate of drug-likeness (QED) is 0.519. The molecule has 0 saturated carbocycles. The van der Waals surface area contributed by atoms with Crippen LogP contribution in [0.3, 0.4) is 0 Å². The van der Waals surface area contributed by atoms with E-state index in [0.717, 1.165) is 51.1 Å². The molecule has 190 valence electrons. The van der Waals surface area contributed by atoms with Gasteiger partial charge in [-0.15, -0.1) is 0 Å². The van der Waals surface area contributed by atoms with Crippen molar-refractivity contribution >= 4 is 0 Å². The lowest BCUT2D eigenvalue weighted by Gasteiger charge is -2.51. The summed E-state index contributed by atoms with van der Waals surface area (Å²) in [4.78, 5) is 5.10. The van der Waals surface area contributed by atoms with Crippen molar-refractivity contribution in [2.24, 2.45) is 5.92 Å². The second kappa shape index (κ2) is 11.7. The van der Waals surface area contributed by atoms with Crippen LogP contribution in [0.25, 0.3) is 0 Å². The highest BCUT2D eigenvalue weighted by Crippen LogP contribution is 2.38. The van der Waals surface area contributed by atoms with Gasteiger partial charge in [0.25, 0.3) is 0 Å². The average molecular weight is 463 g/mol. The Morgan fingerprint density at radius 2 is 1.15 bits per heavy atom. The standard InChI is InChI=1S/C28H50N2O3/c31-28-17-8-4-3-7-13-24-15-21-29-19-9-12-23(26(29)32-24)11-5-1-2-6-14-25-16-22-30(20-10-18-28)27(28)33-25/h23-27,31H,1-22H2/t23-,24+,25-,26-,27-,28+/m0/s1. The van der Waals surface area contributed by atoms with Gasteiger partial charge < -0.3 is 14.6 Å². The Labute approximate surface area is 202 Å². The van der Waals surface area contributed by atoms with Gasteiger partial charge in [-0.1, -0.05) is 51.4 Å². The highest BCUT2D eigenvalue weighted by atomic mass is 16.5. The molecule has 33 heavy (non-hydrogen) atoms. The first kappa shape index (κ1) is 24.5. The van der Waals surface area contributed by atoms with Gasteiger partial charge in [-0.25, -0.2) is 0 Å². The molecule has 0 spiro atoms. The minimum Gasteiger partial charge on any atom is -0.386 e. The van der Waals surface area contributed by atoms with E-state index < -0.39 is 5.60 Å². The van der Waals surface area contributed by atoms with Crippen LogP contribution in [-0.4, -0.2) is 71.4 Å². The van der Waals surface area contributed by atoms with Crippen LogP contribution < -0.4 is 0 Å². The molecule has 5 aliphatic heterocycles. The van der Waals surface area contributed by atoms with Gasteiger partial charge in [-0.3, -0.25) is 9.80 Å². The highest BCUT2D eigenvalue weighted by Gasteiger charge is 2.46. The number of hydrogen-bond donors (Lipinski definition) is 1. The van der Waals surface area contributed by atoms with E-state index in [9.17, 15) is 5.11 Å². The largest absolute Gasteiger partial charge is 0.386 e. The molecule has 0 amide bonds. The molecular weight excluding hydrogens is 412 g/mol.